The van der Waals surface area contributed by atoms with Crippen molar-refractivity contribution in [2.24, 2.45) is 4.99 Å². The molecule has 6 nitrogen and oxygen atoms in total. The number of carbonyl (C=O) groups excluding carboxylic acids is 1. The molecule has 1 amide bonds. The molecule has 0 spiro atoms. The van der Waals surface area contributed by atoms with Gasteiger partial charge in [-0.2, -0.15) is 0 Å². The minimum absolute atomic E-state index is 0.0939. The van der Waals surface area contributed by atoms with Crippen LogP contribution in [-0.4, -0.2) is 58.1 Å². The number of amidine groups is 1. The fourth-order valence-electron chi connectivity index (χ4n) is 3.79. The van der Waals surface area contributed by atoms with Gasteiger partial charge >= 0.3 is 5.97 Å². The van der Waals surface area contributed by atoms with Crippen molar-refractivity contribution in [3.05, 3.63) is 46.0 Å². The molecule has 0 bridgehead atoms. The summed E-state index contributed by atoms with van der Waals surface area (Å²) in [6.45, 7) is 5.12. The predicted octanol–water partition coefficient (Wildman–Crippen LogP) is 2.74. The van der Waals surface area contributed by atoms with Crippen molar-refractivity contribution in [3.8, 4) is 0 Å². The van der Waals surface area contributed by atoms with E-state index in [9.17, 15) is 9.59 Å². The van der Waals surface area contributed by atoms with Gasteiger partial charge in [0.1, 0.15) is 0 Å². The molecule has 4 rings (SSSR count). The molecule has 7 heteroatoms. The molecule has 3 aliphatic rings. The molecular weight excluding hydrogens is 350 g/mol. The normalized spacial score (nSPS) is 22.5. The molecule has 0 unspecified atom stereocenters. The lowest BCUT2D eigenvalue weighted by Gasteiger charge is -2.33. The Morgan fingerprint density at radius 2 is 2.00 bits per heavy atom. The number of hydrogen-bond acceptors (Lipinski definition) is 5. The second-order valence-electron chi connectivity index (χ2n) is 6.85. The fraction of sp³-hybridized carbons (Fsp3) is 0.421. The summed E-state index contributed by atoms with van der Waals surface area (Å²) in [5.74, 6) is -0.572. The molecule has 1 aromatic carbocycles. The van der Waals surface area contributed by atoms with Gasteiger partial charge < -0.3 is 14.9 Å². The zero-order chi connectivity index (χ0) is 18.3. The van der Waals surface area contributed by atoms with Crippen LogP contribution in [0.3, 0.4) is 0 Å². The lowest BCUT2D eigenvalue weighted by molar-refractivity contribution is -0.127. The zero-order valence-corrected chi connectivity index (χ0v) is 15.5. The van der Waals surface area contributed by atoms with E-state index in [2.05, 4.69) is 9.89 Å². The van der Waals surface area contributed by atoms with Gasteiger partial charge in [-0.15, -0.1) is 0 Å². The van der Waals surface area contributed by atoms with Gasteiger partial charge in [0.2, 0.25) is 0 Å². The Morgan fingerprint density at radius 3 is 2.69 bits per heavy atom. The summed E-state index contributed by atoms with van der Waals surface area (Å²) in [5.41, 5.74) is 2.41. The molecule has 0 aromatic heterocycles. The highest BCUT2D eigenvalue weighted by Gasteiger charge is 2.36. The number of carboxylic acid groups (broad SMARTS) is 1. The minimum atomic E-state index is -0.916. The Balaban J connectivity index is 1.48. The molecule has 26 heavy (non-hydrogen) atoms. The monoisotopic (exact) mass is 371 g/mol. The number of rotatable bonds is 3. The first-order valence-corrected chi connectivity index (χ1v) is 9.69. The van der Waals surface area contributed by atoms with E-state index in [4.69, 9.17) is 5.11 Å². The Kier molecular flexibility index (Phi) is 4.48. The van der Waals surface area contributed by atoms with Crippen LogP contribution < -0.4 is 0 Å². The molecule has 136 valence electrons. The van der Waals surface area contributed by atoms with Crippen LogP contribution >= 0.6 is 11.8 Å². The molecule has 1 N–H and O–H groups in total. The molecule has 3 aliphatic heterocycles. The van der Waals surface area contributed by atoms with E-state index in [0.717, 1.165) is 53.8 Å². The van der Waals surface area contributed by atoms with E-state index in [0.29, 0.717) is 12.1 Å². The van der Waals surface area contributed by atoms with Crippen LogP contribution in [0, 0.1) is 0 Å². The number of nitrogens with zero attached hydrogens (tertiary/aromatic N) is 3. The average Bonchev–Trinajstić information content (AvgIpc) is 3.24. The number of piperidine rings is 1. The van der Waals surface area contributed by atoms with E-state index in [-0.39, 0.29) is 11.8 Å². The second kappa shape index (κ2) is 6.79. The van der Waals surface area contributed by atoms with Gasteiger partial charge in [-0.25, -0.2) is 4.79 Å². The lowest BCUT2D eigenvalue weighted by atomic mass is 9.90. The third-order valence-corrected chi connectivity index (χ3v) is 6.47. The summed E-state index contributed by atoms with van der Waals surface area (Å²) in [6, 6.07) is 7.04. The zero-order valence-electron chi connectivity index (χ0n) is 14.6. The molecular formula is C19H21N3O3S. The highest BCUT2D eigenvalue weighted by molar-refractivity contribution is 8.18. The van der Waals surface area contributed by atoms with Crippen LogP contribution in [-0.2, 0) is 4.79 Å². The van der Waals surface area contributed by atoms with Gasteiger partial charge in [-0.1, -0.05) is 12.1 Å². The SMILES string of the molecule is CC1=C(C(=O)N2CCC[C@H](c3ccc(C(=O)O)cc3)C2)SC2=NCCN21. The first kappa shape index (κ1) is 17.1. The van der Waals surface area contributed by atoms with Crippen LogP contribution in [0.2, 0.25) is 0 Å². The quantitative estimate of drug-likeness (QED) is 0.884. The van der Waals surface area contributed by atoms with Crippen LogP contribution in [0.15, 0.2) is 39.9 Å². The van der Waals surface area contributed by atoms with Gasteiger partial charge in [-0.3, -0.25) is 9.79 Å². The summed E-state index contributed by atoms with van der Waals surface area (Å²) in [5, 5.41) is 9.99. The number of carbonyl (C=O) groups is 2. The summed E-state index contributed by atoms with van der Waals surface area (Å²) in [7, 11) is 0. The van der Waals surface area contributed by atoms with Crippen LogP contribution in [0.5, 0.6) is 0 Å². The van der Waals surface area contributed by atoms with E-state index in [1.165, 1.54) is 11.8 Å². The summed E-state index contributed by atoms with van der Waals surface area (Å²) >= 11 is 1.49. The highest BCUT2D eigenvalue weighted by Crippen LogP contribution is 2.38. The van der Waals surface area contributed by atoms with Crippen LogP contribution in [0.25, 0.3) is 0 Å². The number of aromatic carboxylic acids is 1. The van der Waals surface area contributed by atoms with Crippen molar-refractivity contribution >= 4 is 28.8 Å². The first-order valence-electron chi connectivity index (χ1n) is 8.88. The smallest absolute Gasteiger partial charge is 0.335 e. The number of allylic oxidation sites excluding steroid dienone is 1. The summed E-state index contributed by atoms with van der Waals surface area (Å²) in [4.78, 5) is 33.4. The Hall–Kier alpha value is -2.28. The number of likely N-dealkylation sites (tertiary alicyclic amines) is 1. The van der Waals surface area contributed by atoms with Gasteiger partial charge in [0.25, 0.3) is 5.91 Å². The topological polar surface area (TPSA) is 73.2 Å². The Morgan fingerprint density at radius 1 is 1.23 bits per heavy atom. The molecule has 1 aromatic rings. The van der Waals surface area contributed by atoms with Gasteiger partial charge in [0, 0.05) is 31.2 Å². The maximum atomic E-state index is 13.1. The number of benzene rings is 1. The van der Waals surface area contributed by atoms with Crippen molar-refractivity contribution < 1.29 is 14.7 Å². The van der Waals surface area contributed by atoms with E-state index >= 15 is 0 Å². The highest BCUT2D eigenvalue weighted by atomic mass is 32.2. The van der Waals surface area contributed by atoms with Crippen molar-refractivity contribution in [1.29, 1.82) is 0 Å². The molecule has 1 atom stereocenters. The third-order valence-electron chi connectivity index (χ3n) is 5.26. The summed E-state index contributed by atoms with van der Waals surface area (Å²) in [6.07, 6.45) is 1.97. The fourth-order valence-corrected chi connectivity index (χ4v) is 4.94. The standard InChI is InChI=1S/C19H21N3O3S/c1-12-16(26-19-20-8-10-22(12)19)17(23)21-9-2-3-15(11-21)13-4-6-14(7-5-13)18(24)25/h4-7,15H,2-3,8-11H2,1H3,(H,24,25)/t15-/m0/s1. The number of hydrogen-bond donors (Lipinski definition) is 1. The largest absolute Gasteiger partial charge is 0.478 e. The Bertz CT molecular complexity index is 816. The number of thioether (sulfide) groups is 1. The predicted molar refractivity (Wildman–Crippen MR) is 101 cm³/mol. The molecule has 0 saturated carbocycles. The molecule has 0 aliphatic carbocycles. The Labute approximate surface area is 156 Å². The number of aliphatic imine (C=N–C) groups is 1. The number of fused-ring (bicyclic) bond motifs is 1. The van der Waals surface area contributed by atoms with Crippen molar-refractivity contribution in [1.82, 2.24) is 9.80 Å². The van der Waals surface area contributed by atoms with E-state index in [1.807, 2.05) is 24.0 Å². The van der Waals surface area contributed by atoms with E-state index < -0.39 is 5.97 Å². The summed E-state index contributed by atoms with van der Waals surface area (Å²) < 4.78 is 0. The van der Waals surface area contributed by atoms with Crippen LogP contribution in [0.1, 0.15) is 41.6 Å². The van der Waals surface area contributed by atoms with Crippen molar-refractivity contribution in [2.75, 3.05) is 26.2 Å². The van der Waals surface area contributed by atoms with Crippen LogP contribution in [0.4, 0.5) is 0 Å². The molecule has 1 fully saturated rings. The van der Waals surface area contributed by atoms with Gasteiger partial charge in [-0.05, 0) is 49.2 Å². The lowest BCUT2D eigenvalue weighted by Crippen LogP contribution is -2.39. The molecule has 1 saturated heterocycles. The second-order valence-corrected chi connectivity index (χ2v) is 7.83. The van der Waals surface area contributed by atoms with Crippen molar-refractivity contribution in [2.45, 2.75) is 25.7 Å². The average molecular weight is 371 g/mol. The number of carboxylic acids is 1. The van der Waals surface area contributed by atoms with E-state index in [1.54, 1.807) is 12.1 Å². The maximum Gasteiger partial charge on any atom is 0.335 e. The number of amides is 1. The van der Waals surface area contributed by atoms with Gasteiger partial charge in [0.05, 0.1) is 17.0 Å². The molecule has 3 heterocycles. The first-order chi connectivity index (χ1) is 12.5. The minimum Gasteiger partial charge on any atom is -0.478 e. The molecule has 0 radical (unpaired) electrons. The third kappa shape index (κ3) is 3.00. The van der Waals surface area contributed by atoms with Gasteiger partial charge in [0.15, 0.2) is 5.17 Å². The maximum absolute atomic E-state index is 13.1. The van der Waals surface area contributed by atoms with Crippen molar-refractivity contribution in [3.63, 3.8) is 0 Å².